The maximum absolute atomic E-state index is 11.1. The van der Waals surface area contributed by atoms with Crippen LogP contribution in [0.4, 0.5) is 11.4 Å². The summed E-state index contributed by atoms with van der Waals surface area (Å²) in [6.07, 6.45) is 0. The van der Waals surface area contributed by atoms with Gasteiger partial charge in [0.15, 0.2) is 5.69 Å². The predicted octanol–water partition coefficient (Wildman–Crippen LogP) is 2.01. The van der Waals surface area contributed by atoms with Crippen molar-refractivity contribution >= 4 is 11.4 Å². The summed E-state index contributed by atoms with van der Waals surface area (Å²) in [6, 6.07) is 6.65. The Hall–Kier alpha value is -2.77. The van der Waals surface area contributed by atoms with Crippen molar-refractivity contribution in [3.05, 3.63) is 50.2 Å². The molecule has 0 aliphatic carbocycles. The lowest BCUT2D eigenvalue weighted by atomic mass is 10.1. The monoisotopic (exact) mass is 261 g/mol. The van der Waals surface area contributed by atoms with Crippen LogP contribution in [-0.4, -0.2) is 19.6 Å². The number of hydrogen-bond donors (Lipinski definition) is 0. The molecule has 0 bridgehead atoms. The molecular formula is C11H9N4O4. The average Bonchev–Trinajstić information content (AvgIpc) is 2.64. The van der Waals surface area contributed by atoms with Crippen LogP contribution in [0.2, 0.25) is 0 Å². The van der Waals surface area contributed by atoms with E-state index in [1.807, 2.05) is 0 Å². The summed E-state index contributed by atoms with van der Waals surface area (Å²) in [7, 11) is 1.51. The highest BCUT2D eigenvalue weighted by atomic mass is 16.6. The Labute approximate surface area is 107 Å². The molecule has 0 aliphatic heterocycles. The third-order valence-corrected chi connectivity index (χ3v) is 2.67. The van der Waals surface area contributed by atoms with E-state index in [4.69, 9.17) is 0 Å². The van der Waals surface area contributed by atoms with E-state index < -0.39 is 9.85 Å². The van der Waals surface area contributed by atoms with Crippen molar-refractivity contribution in [1.29, 1.82) is 0 Å². The topological polar surface area (TPSA) is 104 Å². The molecule has 0 atom stereocenters. The molecular weight excluding hydrogens is 252 g/mol. The molecule has 0 saturated heterocycles. The Bertz CT molecular complexity index is 677. The van der Waals surface area contributed by atoms with Gasteiger partial charge >= 0.3 is 5.69 Å². The SMILES string of the molecule is Cc1nn(C)c(-c2cc[c]cc2[N+](=O)[O-])c1[N+](=O)[O-]. The maximum atomic E-state index is 11.1. The molecule has 1 radical (unpaired) electrons. The fourth-order valence-corrected chi connectivity index (χ4v) is 1.94. The number of hydrogen-bond acceptors (Lipinski definition) is 5. The standard InChI is InChI=1S/C11H9N4O4/c1-7-10(15(18)19)11(13(2)12-7)8-5-3-4-6-9(8)14(16)17/h3,5-6H,1-2H3. The molecule has 1 aromatic heterocycles. The number of aromatic nitrogens is 2. The molecule has 0 aliphatic rings. The van der Waals surface area contributed by atoms with E-state index in [1.54, 1.807) is 0 Å². The van der Waals surface area contributed by atoms with Crippen LogP contribution in [0.25, 0.3) is 11.3 Å². The molecule has 0 fully saturated rings. The number of nitro benzene ring substituents is 1. The molecule has 19 heavy (non-hydrogen) atoms. The average molecular weight is 261 g/mol. The molecule has 1 heterocycles. The van der Waals surface area contributed by atoms with Crippen LogP contribution >= 0.6 is 0 Å². The van der Waals surface area contributed by atoms with E-state index in [2.05, 4.69) is 11.2 Å². The van der Waals surface area contributed by atoms with Gasteiger partial charge in [-0.2, -0.15) is 5.10 Å². The van der Waals surface area contributed by atoms with Crippen LogP contribution in [-0.2, 0) is 7.05 Å². The first-order valence-corrected chi connectivity index (χ1v) is 5.26. The lowest BCUT2D eigenvalue weighted by Crippen LogP contribution is -1.99. The summed E-state index contributed by atoms with van der Waals surface area (Å²) in [5.74, 6) is 0. The van der Waals surface area contributed by atoms with Gasteiger partial charge in [0.2, 0.25) is 0 Å². The third kappa shape index (κ3) is 2.03. The molecule has 8 heteroatoms. The second-order valence-electron chi connectivity index (χ2n) is 3.86. The van der Waals surface area contributed by atoms with Crippen LogP contribution in [0, 0.1) is 33.2 Å². The number of benzene rings is 1. The number of nitrogens with zero attached hydrogens (tertiary/aromatic N) is 4. The van der Waals surface area contributed by atoms with Crippen molar-refractivity contribution in [2.75, 3.05) is 0 Å². The van der Waals surface area contributed by atoms with Gasteiger partial charge in [-0.15, -0.1) is 0 Å². The highest BCUT2D eigenvalue weighted by Crippen LogP contribution is 2.36. The van der Waals surface area contributed by atoms with Crippen LogP contribution in [0.5, 0.6) is 0 Å². The van der Waals surface area contributed by atoms with Gasteiger partial charge in [-0.3, -0.25) is 24.9 Å². The van der Waals surface area contributed by atoms with Crippen molar-refractivity contribution in [2.45, 2.75) is 6.92 Å². The van der Waals surface area contributed by atoms with Crippen molar-refractivity contribution < 1.29 is 9.85 Å². The van der Waals surface area contributed by atoms with E-state index in [-0.39, 0.29) is 28.3 Å². The van der Waals surface area contributed by atoms with E-state index in [0.29, 0.717) is 0 Å². The minimum absolute atomic E-state index is 0.114. The third-order valence-electron chi connectivity index (χ3n) is 2.67. The smallest absolute Gasteiger partial charge is 0.260 e. The predicted molar refractivity (Wildman–Crippen MR) is 65.5 cm³/mol. The summed E-state index contributed by atoms with van der Waals surface area (Å²) in [6.45, 7) is 1.49. The molecule has 8 nitrogen and oxygen atoms in total. The Kier molecular flexibility index (Phi) is 2.99. The first kappa shape index (κ1) is 12.7. The van der Waals surface area contributed by atoms with Crippen LogP contribution in [0.15, 0.2) is 18.2 Å². The number of rotatable bonds is 3. The minimum Gasteiger partial charge on any atom is -0.260 e. The van der Waals surface area contributed by atoms with Crippen molar-refractivity contribution in [1.82, 2.24) is 9.78 Å². The van der Waals surface area contributed by atoms with Gasteiger partial charge in [-0.1, -0.05) is 6.07 Å². The van der Waals surface area contributed by atoms with E-state index in [1.165, 1.54) is 36.9 Å². The van der Waals surface area contributed by atoms with E-state index >= 15 is 0 Å². The second-order valence-corrected chi connectivity index (χ2v) is 3.86. The van der Waals surface area contributed by atoms with E-state index in [0.717, 1.165) is 0 Å². The molecule has 0 spiro atoms. The van der Waals surface area contributed by atoms with E-state index in [9.17, 15) is 20.2 Å². The summed E-state index contributed by atoms with van der Waals surface area (Å²) < 4.78 is 1.27. The summed E-state index contributed by atoms with van der Waals surface area (Å²) in [5, 5.41) is 26.0. The zero-order valence-electron chi connectivity index (χ0n) is 10.2. The Balaban J connectivity index is 2.80. The zero-order valence-corrected chi connectivity index (χ0v) is 10.2. The summed E-state index contributed by atoms with van der Waals surface area (Å²) in [5.41, 5.74) is 0.0109. The maximum Gasteiger partial charge on any atom is 0.318 e. The van der Waals surface area contributed by atoms with Gasteiger partial charge in [0.25, 0.3) is 5.69 Å². The first-order chi connectivity index (χ1) is 8.93. The Morgan fingerprint density at radius 1 is 1.32 bits per heavy atom. The van der Waals surface area contributed by atoms with Gasteiger partial charge in [0.05, 0.1) is 15.4 Å². The zero-order chi connectivity index (χ0) is 14.2. The van der Waals surface area contributed by atoms with Crippen LogP contribution in [0.3, 0.4) is 0 Å². The number of nitro groups is 2. The van der Waals surface area contributed by atoms with Crippen LogP contribution < -0.4 is 0 Å². The minimum atomic E-state index is -0.599. The molecule has 0 saturated carbocycles. The fraction of sp³-hybridized carbons (Fsp3) is 0.182. The lowest BCUT2D eigenvalue weighted by molar-refractivity contribution is -0.386. The van der Waals surface area contributed by atoms with Gasteiger partial charge in [-0.25, -0.2) is 0 Å². The normalized spacial score (nSPS) is 10.4. The Morgan fingerprint density at radius 3 is 2.58 bits per heavy atom. The summed E-state index contributed by atoms with van der Waals surface area (Å²) in [4.78, 5) is 20.9. The highest BCUT2D eigenvalue weighted by Gasteiger charge is 2.29. The number of aryl methyl sites for hydroxylation is 2. The largest absolute Gasteiger partial charge is 0.318 e. The molecule has 1 aromatic carbocycles. The van der Waals surface area contributed by atoms with Gasteiger partial charge in [0, 0.05) is 13.1 Å². The second kappa shape index (κ2) is 4.48. The first-order valence-electron chi connectivity index (χ1n) is 5.26. The molecule has 0 N–H and O–H groups in total. The fourth-order valence-electron chi connectivity index (χ4n) is 1.94. The lowest BCUT2D eigenvalue weighted by Gasteiger charge is -2.02. The molecule has 2 aromatic rings. The van der Waals surface area contributed by atoms with Crippen LogP contribution in [0.1, 0.15) is 5.69 Å². The highest BCUT2D eigenvalue weighted by molar-refractivity contribution is 5.78. The molecule has 97 valence electrons. The van der Waals surface area contributed by atoms with Crippen molar-refractivity contribution in [2.24, 2.45) is 7.05 Å². The van der Waals surface area contributed by atoms with Gasteiger partial charge in [-0.05, 0) is 19.1 Å². The van der Waals surface area contributed by atoms with Gasteiger partial charge in [0.1, 0.15) is 5.69 Å². The summed E-state index contributed by atoms with van der Waals surface area (Å²) >= 11 is 0. The molecule has 2 rings (SSSR count). The molecule has 0 unspecified atom stereocenters. The molecule has 0 amide bonds. The van der Waals surface area contributed by atoms with Gasteiger partial charge < -0.3 is 0 Å². The quantitative estimate of drug-likeness (QED) is 0.620. The van der Waals surface area contributed by atoms with Crippen molar-refractivity contribution in [3.8, 4) is 11.3 Å². The van der Waals surface area contributed by atoms with Crippen molar-refractivity contribution in [3.63, 3.8) is 0 Å². The Morgan fingerprint density at radius 2 is 2.00 bits per heavy atom.